The van der Waals surface area contributed by atoms with Crippen LogP contribution in [0.3, 0.4) is 0 Å². The molecular formula is C13H20ClFN2. The molecule has 1 aromatic carbocycles. The van der Waals surface area contributed by atoms with Crippen molar-refractivity contribution in [2.75, 3.05) is 20.1 Å². The molecule has 2 nitrogen and oxygen atoms in total. The molecule has 4 heteroatoms. The summed E-state index contributed by atoms with van der Waals surface area (Å²) < 4.78 is 13.0. The molecule has 0 aliphatic rings. The van der Waals surface area contributed by atoms with E-state index >= 15 is 0 Å². The summed E-state index contributed by atoms with van der Waals surface area (Å²) in [4.78, 5) is 2.25. The number of rotatable bonds is 6. The summed E-state index contributed by atoms with van der Waals surface area (Å²) in [5, 5.41) is 3.87. The first kappa shape index (κ1) is 14.4. The quantitative estimate of drug-likeness (QED) is 0.790. The fraction of sp³-hybridized carbons (Fsp3) is 0.538. The van der Waals surface area contributed by atoms with Gasteiger partial charge in [-0.05, 0) is 44.7 Å². The zero-order valence-electron chi connectivity index (χ0n) is 10.6. The first-order chi connectivity index (χ1) is 8.00. The van der Waals surface area contributed by atoms with Crippen LogP contribution in [-0.4, -0.2) is 31.1 Å². The molecule has 0 atom stereocenters. The molecule has 0 spiro atoms. The van der Waals surface area contributed by atoms with E-state index in [0.717, 1.165) is 18.7 Å². The minimum atomic E-state index is -0.245. The first-order valence-electron chi connectivity index (χ1n) is 5.85. The van der Waals surface area contributed by atoms with Gasteiger partial charge >= 0.3 is 0 Å². The van der Waals surface area contributed by atoms with Gasteiger partial charge in [0.1, 0.15) is 5.82 Å². The Morgan fingerprint density at radius 1 is 1.41 bits per heavy atom. The molecule has 0 fully saturated rings. The van der Waals surface area contributed by atoms with Gasteiger partial charge in [0.25, 0.3) is 0 Å². The average Bonchev–Trinajstić information content (AvgIpc) is 2.28. The molecule has 0 saturated carbocycles. The van der Waals surface area contributed by atoms with Crippen LogP contribution in [0.5, 0.6) is 0 Å². The Labute approximate surface area is 108 Å². The van der Waals surface area contributed by atoms with E-state index < -0.39 is 0 Å². The van der Waals surface area contributed by atoms with Gasteiger partial charge in [0, 0.05) is 30.7 Å². The number of likely N-dealkylation sites (N-methyl/N-ethyl adjacent to an activating group) is 1. The molecule has 0 bridgehead atoms. The fourth-order valence-corrected chi connectivity index (χ4v) is 1.60. The fourth-order valence-electron chi connectivity index (χ4n) is 1.42. The summed E-state index contributed by atoms with van der Waals surface area (Å²) in [7, 11) is 2.08. The van der Waals surface area contributed by atoms with Crippen LogP contribution >= 0.6 is 11.6 Å². The second-order valence-corrected chi connectivity index (χ2v) is 4.89. The van der Waals surface area contributed by atoms with Gasteiger partial charge in [0.2, 0.25) is 0 Å². The maximum Gasteiger partial charge on any atom is 0.123 e. The Balaban J connectivity index is 2.33. The lowest BCUT2D eigenvalue weighted by molar-refractivity contribution is 0.273. The van der Waals surface area contributed by atoms with Crippen molar-refractivity contribution < 1.29 is 4.39 Å². The molecule has 1 aromatic rings. The predicted octanol–water partition coefficient (Wildman–Crippen LogP) is 2.91. The van der Waals surface area contributed by atoms with Crippen molar-refractivity contribution in [3.05, 3.63) is 34.6 Å². The smallest absolute Gasteiger partial charge is 0.123 e. The van der Waals surface area contributed by atoms with Gasteiger partial charge in [0.15, 0.2) is 0 Å². The van der Waals surface area contributed by atoms with Gasteiger partial charge in [-0.1, -0.05) is 11.6 Å². The molecule has 0 aromatic heterocycles. The van der Waals surface area contributed by atoms with E-state index in [2.05, 4.69) is 31.1 Å². The summed E-state index contributed by atoms with van der Waals surface area (Å²) >= 11 is 5.97. The SMILES string of the molecule is CC(C)N(C)CCNCc1cc(F)ccc1Cl. The molecule has 0 aliphatic carbocycles. The third-order valence-corrected chi connectivity index (χ3v) is 3.21. The highest BCUT2D eigenvalue weighted by Gasteiger charge is 2.04. The monoisotopic (exact) mass is 258 g/mol. The number of hydrogen-bond acceptors (Lipinski definition) is 2. The van der Waals surface area contributed by atoms with Crippen LogP contribution in [-0.2, 0) is 6.54 Å². The van der Waals surface area contributed by atoms with Crippen LogP contribution in [0, 0.1) is 5.82 Å². The maximum atomic E-state index is 13.0. The van der Waals surface area contributed by atoms with Crippen LogP contribution < -0.4 is 5.32 Å². The number of benzene rings is 1. The topological polar surface area (TPSA) is 15.3 Å². The minimum absolute atomic E-state index is 0.245. The number of nitrogens with zero attached hydrogens (tertiary/aromatic N) is 1. The first-order valence-corrected chi connectivity index (χ1v) is 6.23. The van der Waals surface area contributed by atoms with Crippen LogP contribution in [0.1, 0.15) is 19.4 Å². The van der Waals surface area contributed by atoms with E-state index in [4.69, 9.17) is 11.6 Å². The van der Waals surface area contributed by atoms with Gasteiger partial charge in [-0.25, -0.2) is 4.39 Å². The van der Waals surface area contributed by atoms with Crippen LogP contribution in [0.2, 0.25) is 5.02 Å². The van der Waals surface area contributed by atoms with Crippen molar-refractivity contribution in [1.29, 1.82) is 0 Å². The van der Waals surface area contributed by atoms with E-state index in [-0.39, 0.29) is 5.82 Å². The van der Waals surface area contributed by atoms with E-state index in [9.17, 15) is 4.39 Å². The summed E-state index contributed by atoms with van der Waals surface area (Å²) in [6.45, 7) is 6.74. The molecule has 1 N–H and O–H groups in total. The predicted molar refractivity (Wildman–Crippen MR) is 70.9 cm³/mol. The second kappa shape index (κ2) is 6.94. The average molecular weight is 259 g/mol. The molecule has 0 saturated heterocycles. The summed E-state index contributed by atoms with van der Waals surface area (Å²) in [5.41, 5.74) is 0.805. The molecule has 0 heterocycles. The van der Waals surface area contributed by atoms with Crippen molar-refractivity contribution >= 4 is 11.6 Å². The lowest BCUT2D eigenvalue weighted by Crippen LogP contribution is -2.33. The van der Waals surface area contributed by atoms with Gasteiger partial charge in [0.05, 0.1) is 0 Å². The number of hydrogen-bond donors (Lipinski definition) is 1. The normalized spacial score (nSPS) is 11.5. The van der Waals surface area contributed by atoms with Crippen molar-refractivity contribution in [2.24, 2.45) is 0 Å². The van der Waals surface area contributed by atoms with Gasteiger partial charge in [-0.3, -0.25) is 0 Å². The molecule has 17 heavy (non-hydrogen) atoms. The Hall–Kier alpha value is -0.640. The molecule has 0 radical (unpaired) electrons. The van der Waals surface area contributed by atoms with Crippen LogP contribution in [0.15, 0.2) is 18.2 Å². The van der Waals surface area contributed by atoms with Gasteiger partial charge in [-0.2, -0.15) is 0 Å². The van der Waals surface area contributed by atoms with E-state index in [1.165, 1.54) is 12.1 Å². The third-order valence-electron chi connectivity index (χ3n) is 2.85. The highest BCUT2D eigenvalue weighted by atomic mass is 35.5. The van der Waals surface area contributed by atoms with E-state index in [1.807, 2.05) is 0 Å². The Morgan fingerprint density at radius 2 is 2.12 bits per heavy atom. The second-order valence-electron chi connectivity index (χ2n) is 4.49. The Morgan fingerprint density at radius 3 is 2.76 bits per heavy atom. The molecular weight excluding hydrogens is 239 g/mol. The van der Waals surface area contributed by atoms with Crippen LogP contribution in [0.4, 0.5) is 4.39 Å². The van der Waals surface area contributed by atoms with Crippen molar-refractivity contribution in [3.63, 3.8) is 0 Å². The number of halogens is 2. The lowest BCUT2D eigenvalue weighted by atomic mass is 10.2. The van der Waals surface area contributed by atoms with E-state index in [0.29, 0.717) is 17.6 Å². The Kier molecular flexibility index (Phi) is 5.89. The van der Waals surface area contributed by atoms with E-state index in [1.54, 1.807) is 6.07 Å². The van der Waals surface area contributed by atoms with Gasteiger partial charge < -0.3 is 10.2 Å². The third kappa shape index (κ3) is 5.02. The zero-order chi connectivity index (χ0) is 12.8. The molecule has 0 unspecified atom stereocenters. The van der Waals surface area contributed by atoms with Crippen molar-refractivity contribution in [3.8, 4) is 0 Å². The highest BCUT2D eigenvalue weighted by molar-refractivity contribution is 6.31. The highest BCUT2D eigenvalue weighted by Crippen LogP contribution is 2.16. The molecule has 0 amide bonds. The summed E-state index contributed by atoms with van der Waals surface area (Å²) in [5.74, 6) is -0.245. The van der Waals surface area contributed by atoms with Crippen molar-refractivity contribution in [1.82, 2.24) is 10.2 Å². The summed E-state index contributed by atoms with van der Waals surface area (Å²) in [6.07, 6.45) is 0. The van der Waals surface area contributed by atoms with Crippen LogP contribution in [0.25, 0.3) is 0 Å². The largest absolute Gasteiger partial charge is 0.311 e. The summed E-state index contributed by atoms with van der Waals surface area (Å²) in [6, 6.07) is 4.98. The Bertz CT molecular complexity index is 355. The minimum Gasteiger partial charge on any atom is -0.311 e. The number of nitrogens with one attached hydrogen (secondary N) is 1. The zero-order valence-corrected chi connectivity index (χ0v) is 11.4. The molecule has 96 valence electrons. The maximum absolute atomic E-state index is 13.0. The van der Waals surface area contributed by atoms with Gasteiger partial charge in [-0.15, -0.1) is 0 Å². The van der Waals surface area contributed by atoms with Crippen molar-refractivity contribution in [2.45, 2.75) is 26.4 Å². The molecule has 0 aliphatic heterocycles. The molecule has 1 rings (SSSR count). The lowest BCUT2D eigenvalue weighted by Gasteiger charge is -2.21. The standard InChI is InChI=1S/C13H20ClFN2/c1-10(2)17(3)7-6-16-9-11-8-12(15)4-5-13(11)14/h4-5,8,10,16H,6-7,9H2,1-3H3.